The van der Waals surface area contributed by atoms with Crippen molar-refractivity contribution in [2.24, 2.45) is 0 Å². The fourth-order valence-electron chi connectivity index (χ4n) is 1.92. The van der Waals surface area contributed by atoms with E-state index in [2.05, 4.69) is 10.4 Å². The van der Waals surface area contributed by atoms with Gasteiger partial charge in [0.05, 0.1) is 22.3 Å². The lowest BCUT2D eigenvalue weighted by Crippen LogP contribution is -2.09. The van der Waals surface area contributed by atoms with Gasteiger partial charge in [0, 0.05) is 0 Å². The van der Waals surface area contributed by atoms with Gasteiger partial charge in [-0.15, -0.1) is 0 Å². The molecule has 0 atom stereocenters. The average molecular weight is 277 g/mol. The number of alkyl halides is 3. The number of rotatable bonds is 2. The van der Waals surface area contributed by atoms with Crippen LogP contribution in [0.3, 0.4) is 0 Å². The van der Waals surface area contributed by atoms with E-state index < -0.39 is 11.7 Å². The molecule has 1 aromatic heterocycles. The highest BCUT2D eigenvalue weighted by atomic mass is 19.4. The Morgan fingerprint density at radius 2 is 1.75 bits per heavy atom. The first-order valence-corrected chi connectivity index (χ1v) is 5.90. The molecule has 0 amide bonds. The molecular formula is C14H10F3N3. The summed E-state index contributed by atoms with van der Waals surface area (Å²) < 4.78 is 39.7. The Kier molecular flexibility index (Phi) is 2.85. The highest BCUT2D eigenvalue weighted by molar-refractivity contribution is 5.77. The molecule has 1 heterocycles. The van der Waals surface area contributed by atoms with Gasteiger partial charge in [-0.2, -0.15) is 13.2 Å². The lowest BCUT2D eigenvalue weighted by atomic mass is 10.2. The molecule has 0 spiro atoms. The van der Waals surface area contributed by atoms with Crippen LogP contribution in [0.1, 0.15) is 5.56 Å². The smallest absolute Gasteiger partial charge is 0.293 e. The maximum Gasteiger partial charge on any atom is 0.416 e. The highest BCUT2D eigenvalue weighted by Gasteiger charge is 2.30. The second kappa shape index (κ2) is 4.56. The van der Waals surface area contributed by atoms with Crippen LogP contribution in [0, 0.1) is 0 Å². The van der Waals surface area contributed by atoms with E-state index in [1.807, 2.05) is 30.3 Å². The van der Waals surface area contributed by atoms with E-state index in [0.717, 1.165) is 17.8 Å². The normalized spacial score (nSPS) is 11.8. The zero-order chi connectivity index (χ0) is 14.2. The zero-order valence-electron chi connectivity index (χ0n) is 10.2. The van der Waals surface area contributed by atoms with Crippen molar-refractivity contribution >= 4 is 16.7 Å². The summed E-state index contributed by atoms with van der Waals surface area (Å²) in [4.78, 5) is 4.07. The molecule has 2 aromatic carbocycles. The van der Waals surface area contributed by atoms with Crippen LogP contribution in [-0.2, 0) is 6.18 Å². The zero-order valence-corrected chi connectivity index (χ0v) is 10.2. The molecule has 0 saturated heterocycles. The van der Waals surface area contributed by atoms with Crippen molar-refractivity contribution in [3.8, 4) is 0 Å². The van der Waals surface area contributed by atoms with Gasteiger partial charge in [-0.25, -0.2) is 9.66 Å². The van der Waals surface area contributed by atoms with Crippen molar-refractivity contribution in [3.63, 3.8) is 0 Å². The van der Waals surface area contributed by atoms with Crippen molar-refractivity contribution in [2.45, 2.75) is 6.18 Å². The topological polar surface area (TPSA) is 29.9 Å². The average Bonchev–Trinajstić information content (AvgIpc) is 2.82. The third kappa shape index (κ3) is 2.32. The van der Waals surface area contributed by atoms with Crippen LogP contribution in [0.2, 0.25) is 0 Å². The molecule has 1 N–H and O–H groups in total. The van der Waals surface area contributed by atoms with Gasteiger partial charge in [0.25, 0.3) is 0 Å². The van der Waals surface area contributed by atoms with Crippen LogP contribution in [0.25, 0.3) is 11.0 Å². The molecule has 0 aliphatic carbocycles. The van der Waals surface area contributed by atoms with Gasteiger partial charge in [0.2, 0.25) is 0 Å². The van der Waals surface area contributed by atoms with Crippen LogP contribution in [0.15, 0.2) is 54.9 Å². The quantitative estimate of drug-likeness (QED) is 0.769. The summed E-state index contributed by atoms with van der Waals surface area (Å²) in [6.45, 7) is 0. The molecule has 20 heavy (non-hydrogen) atoms. The van der Waals surface area contributed by atoms with Crippen molar-refractivity contribution in [1.82, 2.24) is 9.66 Å². The van der Waals surface area contributed by atoms with Crippen molar-refractivity contribution in [2.75, 3.05) is 5.43 Å². The summed E-state index contributed by atoms with van der Waals surface area (Å²) in [6.07, 6.45) is -2.91. The number of nitrogens with one attached hydrogen (secondary N) is 1. The maximum atomic E-state index is 12.7. The molecule has 0 saturated carbocycles. The Labute approximate surface area is 112 Å². The minimum atomic E-state index is -4.37. The van der Waals surface area contributed by atoms with Crippen LogP contribution in [-0.4, -0.2) is 9.66 Å². The first kappa shape index (κ1) is 12.5. The highest BCUT2D eigenvalue weighted by Crippen LogP contribution is 2.31. The van der Waals surface area contributed by atoms with Gasteiger partial charge in [-0.3, -0.25) is 5.43 Å². The van der Waals surface area contributed by atoms with Gasteiger partial charge in [-0.1, -0.05) is 18.2 Å². The van der Waals surface area contributed by atoms with E-state index in [1.165, 1.54) is 17.1 Å². The number of halogens is 3. The first-order valence-electron chi connectivity index (χ1n) is 5.90. The Balaban J connectivity index is 2.03. The molecule has 102 valence electrons. The summed E-state index contributed by atoms with van der Waals surface area (Å²) in [6, 6.07) is 12.6. The van der Waals surface area contributed by atoms with Gasteiger partial charge < -0.3 is 0 Å². The summed E-state index contributed by atoms with van der Waals surface area (Å²) in [5, 5.41) is 0. The number of hydrogen-bond acceptors (Lipinski definition) is 2. The van der Waals surface area contributed by atoms with E-state index in [1.54, 1.807) is 0 Å². The number of imidazole rings is 1. The van der Waals surface area contributed by atoms with Crippen molar-refractivity contribution in [3.05, 3.63) is 60.4 Å². The Bertz CT molecular complexity index is 732. The third-order valence-corrected chi connectivity index (χ3v) is 2.90. The molecule has 3 rings (SSSR count). The molecule has 0 bridgehead atoms. The van der Waals surface area contributed by atoms with E-state index >= 15 is 0 Å². The number of para-hydroxylation sites is 1. The molecule has 3 nitrogen and oxygen atoms in total. The van der Waals surface area contributed by atoms with Gasteiger partial charge in [0.1, 0.15) is 6.33 Å². The molecule has 0 aliphatic heterocycles. The first-order chi connectivity index (χ1) is 9.54. The molecule has 3 aromatic rings. The number of benzene rings is 2. The Morgan fingerprint density at radius 1 is 1.00 bits per heavy atom. The predicted octanol–water partition coefficient (Wildman–Crippen LogP) is 3.93. The second-order valence-electron chi connectivity index (χ2n) is 4.29. The number of hydrogen-bond donors (Lipinski definition) is 1. The monoisotopic (exact) mass is 277 g/mol. The minimum absolute atomic E-state index is 0.378. The van der Waals surface area contributed by atoms with Crippen LogP contribution >= 0.6 is 0 Å². The van der Waals surface area contributed by atoms with Crippen LogP contribution in [0.5, 0.6) is 0 Å². The van der Waals surface area contributed by atoms with E-state index in [9.17, 15) is 13.2 Å². The number of nitrogens with zero attached hydrogens (tertiary/aromatic N) is 2. The fourth-order valence-corrected chi connectivity index (χ4v) is 1.92. The third-order valence-electron chi connectivity index (χ3n) is 2.90. The van der Waals surface area contributed by atoms with Gasteiger partial charge in [0.15, 0.2) is 0 Å². The molecule has 0 radical (unpaired) electrons. The second-order valence-corrected chi connectivity index (χ2v) is 4.29. The lowest BCUT2D eigenvalue weighted by molar-refractivity contribution is -0.137. The Hall–Kier alpha value is -2.50. The van der Waals surface area contributed by atoms with E-state index in [0.29, 0.717) is 11.0 Å². The summed E-state index contributed by atoms with van der Waals surface area (Å²) in [5.74, 6) is 0. The number of aromatic nitrogens is 2. The predicted molar refractivity (Wildman–Crippen MR) is 70.2 cm³/mol. The number of anilines is 1. The lowest BCUT2D eigenvalue weighted by Gasteiger charge is -2.10. The van der Waals surface area contributed by atoms with Crippen molar-refractivity contribution < 1.29 is 13.2 Å². The van der Waals surface area contributed by atoms with Crippen LogP contribution < -0.4 is 5.43 Å². The summed E-state index contributed by atoms with van der Waals surface area (Å²) in [7, 11) is 0. The molecule has 0 unspecified atom stereocenters. The molecular weight excluding hydrogens is 267 g/mol. The van der Waals surface area contributed by atoms with Crippen LogP contribution in [0.4, 0.5) is 18.9 Å². The minimum Gasteiger partial charge on any atom is -0.293 e. The van der Waals surface area contributed by atoms with E-state index in [-0.39, 0.29) is 0 Å². The SMILES string of the molecule is FC(F)(F)c1ccc2ncn(Nc3ccccc3)c2c1. The van der Waals surface area contributed by atoms with E-state index in [4.69, 9.17) is 0 Å². The molecule has 0 aliphatic rings. The standard InChI is InChI=1S/C14H10F3N3/c15-14(16,17)10-6-7-12-13(8-10)20(9-18-12)19-11-4-2-1-3-5-11/h1-9,19H. The summed E-state index contributed by atoms with van der Waals surface area (Å²) in [5.41, 5.74) is 3.95. The fraction of sp³-hybridized carbons (Fsp3) is 0.0714. The molecule has 6 heteroatoms. The molecule has 0 fully saturated rings. The van der Waals surface area contributed by atoms with Gasteiger partial charge >= 0.3 is 6.18 Å². The Morgan fingerprint density at radius 3 is 2.45 bits per heavy atom. The summed E-state index contributed by atoms with van der Waals surface area (Å²) >= 11 is 0. The van der Waals surface area contributed by atoms with Gasteiger partial charge in [-0.05, 0) is 30.3 Å². The largest absolute Gasteiger partial charge is 0.416 e. The van der Waals surface area contributed by atoms with Crippen molar-refractivity contribution in [1.29, 1.82) is 0 Å². The number of fused-ring (bicyclic) bond motifs is 1. The maximum absolute atomic E-state index is 12.7.